The lowest BCUT2D eigenvalue weighted by Gasteiger charge is -2.12. The van der Waals surface area contributed by atoms with Crippen LogP contribution in [0.15, 0.2) is 42.9 Å². The highest BCUT2D eigenvalue weighted by Crippen LogP contribution is 2.21. The summed E-state index contributed by atoms with van der Waals surface area (Å²) in [6.45, 7) is 0. The van der Waals surface area contributed by atoms with E-state index in [2.05, 4.69) is 15.1 Å². The van der Waals surface area contributed by atoms with E-state index in [1.165, 1.54) is 0 Å². The minimum atomic E-state index is -0.205. The van der Waals surface area contributed by atoms with Gasteiger partial charge in [0.1, 0.15) is 0 Å². The number of nitrogens with zero attached hydrogens (tertiary/aromatic N) is 4. The Labute approximate surface area is 104 Å². The van der Waals surface area contributed by atoms with Crippen LogP contribution in [-0.4, -0.2) is 19.7 Å². The third-order valence-electron chi connectivity index (χ3n) is 3.03. The van der Waals surface area contributed by atoms with E-state index >= 15 is 0 Å². The van der Waals surface area contributed by atoms with Gasteiger partial charge >= 0.3 is 0 Å². The van der Waals surface area contributed by atoms with Gasteiger partial charge in [0.15, 0.2) is 0 Å². The molecular weight excluding hydrogens is 226 g/mol. The lowest BCUT2D eigenvalue weighted by molar-refractivity contribution is 0.673. The van der Waals surface area contributed by atoms with E-state index in [1.807, 2.05) is 31.3 Å². The highest BCUT2D eigenvalue weighted by atomic mass is 15.3. The Morgan fingerprint density at radius 3 is 2.56 bits per heavy atom. The normalized spacial score (nSPS) is 12.8. The number of benzene rings is 1. The Kier molecular flexibility index (Phi) is 2.53. The van der Waals surface area contributed by atoms with Crippen molar-refractivity contribution in [1.82, 2.24) is 19.7 Å². The minimum absolute atomic E-state index is 0.205. The number of fused-ring (bicyclic) bond motifs is 1. The van der Waals surface area contributed by atoms with Gasteiger partial charge < -0.3 is 5.73 Å². The van der Waals surface area contributed by atoms with E-state index in [9.17, 15) is 0 Å². The topological polar surface area (TPSA) is 69.6 Å². The maximum Gasteiger partial charge on any atom is 0.0890 e. The van der Waals surface area contributed by atoms with Crippen molar-refractivity contribution in [3.8, 4) is 0 Å². The third-order valence-corrected chi connectivity index (χ3v) is 3.03. The van der Waals surface area contributed by atoms with Crippen LogP contribution in [0.3, 0.4) is 0 Å². The highest BCUT2D eigenvalue weighted by Gasteiger charge is 2.13. The average molecular weight is 239 g/mol. The van der Waals surface area contributed by atoms with Crippen LogP contribution in [0.1, 0.15) is 17.3 Å². The predicted molar refractivity (Wildman–Crippen MR) is 68.8 cm³/mol. The zero-order chi connectivity index (χ0) is 12.5. The second-order valence-electron chi connectivity index (χ2n) is 4.16. The van der Waals surface area contributed by atoms with Gasteiger partial charge in [0.05, 0.1) is 22.8 Å². The van der Waals surface area contributed by atoms with Gasteiger partial charge in [-0.2, -0.15) is 5.10 Å². The third kappa shape index (κ3) is 1.74. The maximum absolute atomic E-state index is 6.24. The molecular formula is C13H13N5. The van der Waals surface area contributed by atoms with Crippen molar-refractivity contribution in [2.24, 2.45) is 12.8 Å². The maximum atomic E-state index is 6.24. The molecule has 0 saturated carbocycles. The molecule has 3 aromatic rings. The first-order chi connectivity index (χ1) is 8.75. The summed E-state index contributed by atoms with van der Waals surface area (Å²) in [5.74, 6) is 0. The Bertz CT molecular complexity index is 688. The van der Waals surface area contributed by atoms with Gasteiger partial charge in [-0.05, 0) is 23.8 Å². The lowest BCUT2D eigenvalue weighted by Crippen LogP contribution is -2.15. The number of hydrogen-bond acceptors (Lipinski definition) is 4. The van der Waals surface area contributed by atoms with Gasteiger partial charge in [0.25, 0.3) is 0 Å². The molecule has 0 amide bonds. The zero-order valence-electron chi connectivity index (χ0n) is 9.99. The summed E-state index contributed by atoms with van der Waals surface area (Å²) in [5, 5.41) is 4.13. The van der Waals surface area contributed by atoms with E-state index in [-0.39, 0.29) is 6.04 Å². The number of aromatic nitrogens is 4. The quantitative estimate of drug-likeness (QED) is 0.734. The Balaban J connectivity index is 2.07. The standard InChI is InChI=1S/C13H13N5/c1-18-12(4-5-17-18)13(14)9-2-3-10-11(8-9)16-7-6-15-10/h2-8,13H,14H2,1H3. The summed E-state index contributed by atoms with van der Waals surface area (Å²) in [5.41, 5.74) is 9.95. The van der Waals surface area contributed by atoms with Crippen LogP contribution in [0.25, 0.3) is 11.0 Å². The van der Waals surface area contributed by atoms with Crippen LogP contribution >= 0.6 is 0 Å². The molecule has 90 valence electrons. The lowest BCUT2D eigenvalue weighted by atomic mass is 10.0. The SMILES string of the molecule is Cn1nccc1C(N)c1ccc2nccnc2c1. The molecule has 2 N–H and O–H groups in total. The van der Waals surface area contributed by atoms with Crippen molar-refractivity contribution in [2.45, 2.75) is 6.04 Å². The summed E-state index contributed by atoms with van der Waals surface area (Å²) in [6, 6.07) is 7.61. The smallest absolute Gasteiger partial charge is 0.0890 e. The minimum Gasteiger partial charge on any atom is -0.319 e. The van der Waals surface area contributed by atoms with E-state index in [1.54, 1.807) is 23.3 Å². The van der Waals surface area contributed by atoms with E-state index < -0.39 is 0 Å². The zero-order valence-corrected chi connectivity index (χ0v) is 9.99. The summed E-state index contributed by atoms with van der Waals surface area (Å²) >= 11 is 0. The van der Waals surface area contributed by atoms with Crippen molar-refractivity contribution in [1.29, 1.82) is 0 Å². The van der Waals surface area contributed by atoms with E-state index in [4.69, 9.17) is 5.73 Å². The number of hydrogen-bond donors (Lipinski definition) is 1. The second kappa shape index (κ2) is 4.19. The fourth-order valence-electron chi connectivity index (χ4n) is 2.03. The van der Waals surface area contributed by atoms with Crippen molar-refractivity contribution in [3.63, 3.8) is 0 Å². The van der Waals surface area contributed by atoms with Crippen molar-refractivity contribution in [2.75, 3.05) is 0 Å². The molecule has 1 aromatic carbocycles. The molecule has 0 radical (unpaired) electrons. The number of nitrogens with two attached hydrogens (primary N) is 1. The van der Waals surface area contributed by atoms with Gasteiger partial charge in [-0.1, -0.05) is 6.07 Å². The largest absolute Gasteiger partial charge is 0.319 e. The first-order valence-electron chi connectivity index (χ1n) is 5.70. The van der Waals surface area contributed by atoms with Crippen molar-refractivity contribution < 1.29 is 0 Å². The Hall–Kier alpha value is -2.27. The molecule has 0 spiro atoms. The fourth-order valence-corrected chi connectivity index (χ4v) is 2.03. The van der Waals surface area contributed by atoms with Gasteiger partial charge in [0.2, 0.25) is 0 Å². The van der Waals surface area contributed by atoms with Crippen LogP contribution in [0.2, 0.25) is 0 Å². The molecule has 3 rings (SSSR count). The second-order valence-corrected chi connectivity index (χ2v) is 4.16. The molecule has 2 aromatic heterocycles. The molecule has 5 heteroatoms. The fraction of sp³-hybridized carbons (Fsp3) is 0.154. The monoisotopic (exact) mass is 239 g/mol. The molecule has 1 atom stereocenters. The molecule has 5 nitrogen and oxygen atoms in total. The summed E-state index contributed by atoms with van der Waals surface area (Å²) < 4.78 is 1.78. The van der Waals surface area contributed by atoms with Gasteiger partial charge in [-0.25, -0.2) is 0 Å². The van der Waals surface area contributed by atoms with Crippen molar-refractivity contribution >= 4 is 11.0 Å². The van der Waals surface area contributed by atoms with Crippen LogP contribution in [0.4, 0.5) is 0 Å². The van der Waals surface area contributed by atoms with Crippen molar-refractivity contribution in [3.05, 3.63) is 54.1 Å². The Morgan fingerprint density at radius 2 is 1.83 bits per heavy atom. The molecule has 0 saturated heterocycles. The molecule has 2 heterocycles. The van der Waals surface area contributed by atoms with Crippen LogP contribution < -0.4 is 5.73 Å². The van der Waals surface area contributed by atoms with Gasteiger partial charge in [0, 0.05) is 25.6 Å². The number of aryl methyl sites for hydroxylation is 1. The van der Waals surface area contributed by atoms with Crippen LogP contribution in [0.5, 0.6) is 0 Å². The van der Waals surface area contributed by atoms with Gasteiger partial charge in [-0.15, -0.1) is 0 Å². The highest BCUT2D eigenvalue weighted by molar-refractivity contribution is 5.74. The first-order valence-corrected chi connectivity index (χ1v) is 5.70. The summed E-state index contributed by atoms with van der Waals surface area (Å²) in [4.78, 5) is 8.53. The van der Waals surface area contributed by atoms with Crippen LogP contribution in [-0.2, 0) is 7.05 Å². The molecule has 1 unspecified atom stereocenters. The first kappa shape index (κ1) is 10.9. The molecule has 0 fully saturated rings. The van der Waals surface area contributed by atoms with E-state index in [0.29, 0.717) is 0 Å². The van der Waals surface area contributed by atoms with E-state index in [0.717, 1.165) is 22.3 Å². The number of rotatable bonds is 2. The van der Waals surface area contributed by atoms with Gasteiger partial charge in [-0.3, -0.25) is 14.6 Å². The molecule has 18 heavy (non-hydrogen) atoms. The molecule has 0 aliphatic heterocycles. The predicted octanol–water partition coefficient (Wildman–Crippen LogP) is 1.41. The molecule has 0 aliphatic rings. The Morgan fingerprint density at radius 1 is 1.06 bits per heavy atom. The molecule has 0 bridgehead atoms. The van der Waals surface area contributed by atoms with Crippen LogP contribution in [0, 0.1) is 0 Å². The summed E-state index contributed by atoms with van der Waals surface area (Å²) in [6.07, 6.45) is 5.11. The summed E-state index contributed by atoms with van der Waals surface area (Å²) in [7, 11) is 1.88. The molecule has 0 aliphatic carbocycles. The average Bonchev–Trinajstić information content (AvgIpc) is 2.83.